The largest absolute Gasteiger partial charge is 0.490 e. The highest BCUT2D eigenvalue weighted by molar-refractivity contribution is 5.39. The number of ether oxygens (including phenoxy) is 2. The molecule has 0 bridgehead atoms. The first-order chi connectivity index (χ1) is 7.86. The van der Waals surface area contributed by atoms with E-state index in [-0.39, 0.29) is 18.8 Å². The maximum atomic E-state index is 13.2. The first kappa shape index (κ1) is 13.8. The monoisotopic (exact) mass is 252 g/mol. The highest BCUT2D eigenvalue weighted by atomic mass is 19.4. The Morgan fingerprint density at radius 2 is 1.82 bits per heavy atom. The normalized spacial score (nSPS) is 11.6. The molecule has 0 saturated carbocycles. The van der Waals surface area contributed by atoms with Gasteiger partial charge in [-0.1, -0.05) is 0 Å². The topological polar surface area (TPSA) is 18.5 Å². The summed E-state index contributed by atoms with van der Waals surface area (Å²) in [6.45, 7) is 1.33. The van der Waals surface area contributed by atoms with Crippen molar-refractivity contribution in [2.75, 3.05) is 20.3 Å². The summed E-state index contributed by atoms with van der Waals surface area (Å²) in [4.78, 5) is 0. The van der Waals surface area contributed by atoms with Gasteiger partial charge < -0.3 is 9.47 Å². The van der Waals surface area contributed by atoms with Crippen LogP contribution in [0, 0.1) is 12.7 Å². The van der Waals surface area contributed by atoms with Gasteiger partial charge in [0.05, 0.1) is 12.2 Å². The van der Waals surface area contributed by atoms with Gasteiger partial charge in [-0.25, -0.2) is 4.39 Å². The summed E-state index contributed by atoms with van der Waals surface area (Å²) in [6, 6.07) is 1.48. The summed E-state index contributed by atoms with van der Waals surface area (Å²) >= 11 is 0. The molecular formula is C11H12F4O2. The lowest BCUT2D eigenvalue weighted by Crippen LogP contribution is -2.12. The molecule has 17 heavy (non-hydrogen) atoms. The maximum Gasteiger partial charge on any atom is 0.419 e. The Kier molecular flexibility index (Phi) is 4.34. The molecule has 0 aromatic heterocycles. The number of benzene rings is 1. The van der Waals surface area contributed by atoms with Crippen LogP contribution in [0.1, 0.15) is 11.1 Å². The van der Waals surface area contributed by atoms with Crippen LogP contribution in [0.5, 0.6) is 5.75 Å². The lowest BCUT2D eigenvalue weighted by molar-refractivity contribution is -0.139. The third-order valence-corrected chi connectivity index (χ3v) is 2.11. The lowest BCUT2D eigenvalue weighted by Gasteiger charge is -2.15. The quantitative estimate of drug-likeness (QED) is 0.605. The van der Waals surface area contributed by atoms with Crippen LogP contribution in [-0.2, 0) is 10.9 Å². The molecule has 0 heterocycles. The van der Waals surface area contributed by atoms with Crippen LogP contribution in [0.25, 0.3) is 0 Å². The van der Waals surface area contributed by atoms with Gasteiger partial charge in [0.1, 0.15) is 18.2 Å². The molecule has 0 saturated heterocycles. The van der Waals surface area contributed by atoms with Crippen molar-refractivity contribution in [3.63, 3.8) is 0 Å². The zero-order chi connectivity index (χ0) is 13.1. The molecule has 1 aromatic carbocycles. The molecule has 0 spiro atoms. The van der Waals surface area contributed by atoms with Crippen LogP contribution < -0.4 is 4.74 Å². The van der Waals surface area contributed by atoms with Crippen LogP contribution in [-0.4, -0.2) is 20.3 Å². The summed E-state index contributed by atoms with van der Waals surface area (Å²) in [5.74, 6) is -1.25. The van der Waals surface area contributed by atoms with E-state index in [0.717, 1.165) is 12.1 Å². The van der Waals surface area contributed by atoms with E-state index < -0.39 is 23.3 Å². The fraction of sp³-hybridized carbons (Fsp3) is 0.455. The number of aryl methyl sites for hydroxylation is 1. The minimum atomic E-state index is -4.57. The van der Waals surface area contributed by atoms with Crippen molar-refractivity contribution < 1.29 is 27.0 Å². The van der Waals surface area contributed by atoms with Crippen LogP contribution in [0.4, 0.5) is 17.6 Å². The second kappa shape index (κ2) is 5.35. The van der Waals surface area contributed by atoms with Gasteiger partial charge in [-0.2, -0.15) is 13.2 Å². The van der Waals surface area contributed by atoms with Crippen LogP contribution >= 0.6 is 0 Å². The second-order valence-corrected chi connectivity index (χ2v) is 3.44. The predicted octanol–water partition coefficient (Wildman–Crippen LogP) is 3.18. The molecule has 1 aromatic rings. The number of alkyl halides is 3. The van der Waals surface area contributed by atoms with Crippen molar-refractivity contribution in [1.82, 2.24) is 0 Å². The van der Waals surface area contributed by atoms with E-state index in [1.54, 1.807) is 0 Å². The molecule has 0 unspecified atom stereocenters. The zero-order valence-electron chi connectivity index (χ0n) is 9.40. The molecule has 0 aliphatic rings. The van der Waals surface area contributed by atoms with E-state index in [4.69, 9.17) is 4.74 Å². The number of methoxy groups -OCH3 is 1. The third kappa shape index (κ3) is 3.59. The van der Waals surface area contributed by atoms with Gasteiger partial charge in [0, 0.05) is 13.2 Å². The SMILES string of the molecule is COCCOc1cc(F)c(C)cc1C(F)(F)F. The Balaban J connectivity index is 3.04. The second-order valence-electron chi connectivity index (χ2n) is 3.44. The Morgan fingerprint density at radius 3 is 2.35 bits per heavy atom. The van der Waals surface area contributed by atoms with E-state index in [2.05, 4.69) is 4.74 Å². The van der Waals surface area contributed by atoms with E-state index in [1.807, 2.05) is 0 Å². The Morgan fingerprint density at radius 1 is 1.18 bits per heavy atom. The zero-order valence-corrected chi connectivity index (χ0v) is 9.40. The highest BCUT2D eigenvalue weighted by Crippen LogP contribution is 2.37. The summed E-state index contributed by atoms with van der Waals surface area (Å²) in [6.07, 6.45) is -4.57. The van der Waals surface area contributed by atoms with E-state index >= 15 is 0 Å². The highest BCUT2D eigenvalue weighted by Gasteiger charge is 2.35. The first-order valence-corrected chi connectivity index (χ1v) is 4.85. The number of hydrogen-bond acceptors (Lipinski definition) is 2. The fourth-order valence-electron chi connectivity index (χ4n) is 1.24. The van der Waals surface area contributed by atoms with Gasteiger partial charge in [0.2, 0.25) is 0 Å². The molecule has 6 heteroatoms. The average Bonchev–Trinajstić information content (AvgIpc) is 2.21. The van der Waals surface area contributed by atoms with Crippen molar-refractivity contribution in [2.45, 2.75) is 13.1 Å². The van der Waals surface area contributed by atoms with Crippen LogP contribution in [0.15, 0.2) is 12.1 Å². The van der Waals surface area contributed by atoms with E-state index in [1.165, 1.54) is 14.0 Å². The number of halogens is 4. The van der Waals surface area contributed by atoms with Gasteiger partial charge in [0.25, 0.3) is 0 Å². The summed E-state index contributed by atoms with van der Waals surface area (Å²) < 4.78 is 60.6. The molecule has 0 aliphatic carbocycles. The lowest BCUT2D eigenvalue weighted by atomic mass is 10.1. The van der Waals surface area contributed by atoms with Gasteiger partial charge in [-0.15, -0.1) is 0 Å². The van der Waals surface area contributed by atoms with Gasteiger partial charge >= 0.3 is 6.18 Å². The third-order valence-electron chi connectivity index (χ3n) is 2.11. The van der Waals surface area contributed by atoms with Crippen molar-refractivity contribution in [3.8, 4) is 5.75 Å². The minimum Gasteiger partial charge on any atom is -0.490 e. The molecular weight excluding hydrogens is 240 g/mol. The Labute approximate surface area is 96.1 Å². The minimum absolute atomic E-state index is 0.0674. The number of hydrogen-bond donors (Lipinski definition) is 0. The van der Waals surface area contributed by atoms with Gasteiger partial charge in [0.15, 0.2) is 0 Å². The standard InChI is InChI=1S/C11H12F4O2/c1-7-5-8(11(13,14)15)10(6-9(7)12)17-4-3-16-2/h5-6H,3-4H2,1-2H3. The molecule has 0 atom stereocenters. The first-order valence-electron chi connectivity index (χ1n) is 4.85. The molecule has 0 fully saturated rings. The van der Waals surface area contributed by atoms with Gasteiger partial charge in [-0.05, 0) is 18.6 Å². The van der Waals surface area contributed by atoms with Crippen LogP contribution in [0.3, 0.4) is 0 Å². The van der Waals surface area contributed by atoms with Crippen molar-refractivity contribution >= 4 is 0 Å². The van der Waals surface area contributed by atoms with Crippen molar-refractivity contribution in [1.29, 1.82) is 0 Å². The van der Waals surface area contributed by atoms with Crippen LogP contribution in [0.2, 0.25) is 0 Å². The van der Waals surface area contributed by atoms with Crippen molar-refractivity contribution in [3.05, 3.63) is 29.1 Å². The summed E-state index contributed by atoms with van der Waals surface area (Å²) in [5.41, 5.74) is -1.05. The van der Waals surface area contributed by atoms with Gasteiger partial charge in [-0.3, -0.25) is 0 Å². The van der Waals surface area contributed by atoms with Crippen molar-refractivity contribution in [2.24, 2.45) is 0 Å². The number of rotatable bonds is 4. The smallest absolute Gasteiger partial charge is 0.419 e. The molecule has 0 amide bonds. The Hall–Kier alpha value is -1.30. The average molecular weight is 252 g/mol. The summed E-state index contributed by atoms with van der Waals surface area (Å²) in [5, 5.41) is 0. The van der Waals surface area contributed by atoms with E-state index in [9.17, 15) is 17.6 Å². The molecule has 0 N–H and O–H groups in total. The molecule has 96 valence electrons. The van der Waals surface area contributed by atoms with E-state index in [0.29, 0.717) is 0 Å². The molecule has 0 aliphatic heterocycles. The predicted molar refractivity (Wildman–Crippen MR) is 53.5 cm³/mol. The molecule has 2 nitrogen and oxygen atoms in total. The molecule has 1 rings (SSSR count). The summed E-state index contributed by atoms with van der Waals surface area (Å²) in [7, 11) is 1.39. The maximum absolute atomic E-state index is 13.2. The molecule has 0 radical (unpaired) electrons. The fourth-order valence-corrected chi connectivity index (χ4v) is 1.24. The Bertz CT molecular complexity index is 388.